The number of benzene rings is 3. The Labute approximate surface area is 205 Å². The van der Waals surface area contributed by atoms with Crippen molar-refractivity contribution in [2.75, 3.05) is 27.1 Å². The van der Waals surface area contributed by atoms with Gasteiger partial charge in [-0.05, 0) is 25.1 Å². The summed E-state index contributed by atoms with van der Waals surface area (Å²) in [5.41, 5.74) is 1.27. The normalized spacial score (nSPS) is 10.9. The number of rotatable bonds is 8. The number of nitrogens with zero attached hydrogens (tertiary/aromatic N) is 2. The van der Waals surface area contributed by atoms with Crippen molar-refractivity contribution in [1.82, 2.24) is 9.55 Å². The van der Waals surface area contributed by atoms with Crippen molar-refractivity contribution in [3.63, 3.8) is 0 Å². The lowest BCUT2D eigenvalue weighted by Gasteiger charge is -2.17. The van der Waals surface area contributed by atoms with E-state index in [1.807, 2.05) is 19.1 Å². The van der Waals surface area contributed by atoms with E-state index >= 15 is 0 Å². The van der Waals surface area contributed by atoms with Crippen molar-refractivity contribution in [2.45, 2.75) is 12.1 Å². The van der Waals surface area contributed by atoms with Gasteiger partial charge in [-0.25, -0.2) is 9.37 Å². The third-order valence-corrected chi connectivity index (χ3v) is 6.37. The molecule has 0 saturated carbocycles. The van der Waals surface area contributed by atoms with Crippen LogP contribution in [0.15, 0.2) is 64.5 Å². The number of para-hydroxylation sites is 1. The molecule has 0 saturated heterocycles. The second kappa shape index (κ2) is 10.2. The second-order valence-corrected chi connectivity index (χ2v) is 8.55. The van der Waals surface area contributed by atoms with Gasteiger partial charge in [0.1, 0.15) is 11.3 Å². The van der Waals surface area contributed by atoms with E-state index in [2.05, 4.69) is 4.98 Å². The lowest BCUT2D eigenvalue weighted by molar-refractivity contribution is 0.102. The Morgan fingerprint density at radius 3 is 2.31 bits per heavy atom. The van der Waals surface area contributed by atoms with E-state index in [4.69, 9.17) is 14.2 Å². The molecule has 0 atom stereocenters. The van der Waals surface area contributed by atoms with Crippen LogP contribution in [0, 0.1) is 12.7 Å². The topological polar surface area (TPSA) is 79.7 Å². The minimum atomic E-state index is -0.602. The van der Waals surface area contributed by atoms with E-state index in [0.29, 0.717) is 5.56 Å². The van der Waals surface area contributed by atoms with Crippen molar-refractivity contribution in [3.8, 4) is 22.9 Å². The van der Waals surface area contributed by atoms with Gasteiger partial charge in [-0.2, -0.15) is 0 Å². The lowest BCUT2D eigenvalue weighted by atomic mass is 10.1. The molecular formula is C26H23FN2O5S. The molecule has 1 aromatic heterocycles. The van der Waals surface area contributed by atoms with Gasteiger partial charge in [0.2, 0.25) is 5.75 Å². The number of methoxy groups -OCH3 is 3. The maximum Gasteiger partial charge on any atom is 0.267 e. The molecule has 1 heterocycles. The summed E-state index contributed by atoms with van der Waals surface area (Å²) in [7, 11) is 4.31. The van der Waals surface area contributed by atoms with E-state index in [-0.39, 0.29) is 50.5 Å². The molecular weight excluding hydrogens is 471 g/mol. The highest BCUT2D eigenvalue weighted by Gasteiger charge is 2.24. The van der Waals surface area contributed by atoms with Gasteiger partial charge in [0.05, 0.1) is 38.2 Å². The van der Waals surface area contributed by atoms with Gasteiger partial charge in [0, 0.05) is 5.56 Å². The molecule has 0 spiro atoms. The van der Waals surface area contributed by atoms with Gasteiger partial charge in [-0.3, -0.25) is 14.2 Å². The molecule has 0 aliphatic rings. The second-order valence-electron chi connectivity index (χ2n) is 7.61. The van der Waals surface area contributed by atoms with E-state index in [9.17, 15) is 14.0 Å². The fraction of sp³-hybridized carbons (Fsp3) is 0.192. The summed E-state index contributed by atoms with van der Waals surface area (Å²) in [5.74, 6) is -0.0223. The first kappa shape index (κ1) is 24.3. The Kier molecular flexibility index (Phi) is 7.07. The first-order valence-electron chi connectivity index (χ1n) is 10.6. The molecule has 180 valence electrons. The molecule has 0 aliphatic carbocycles. The first-order valence-corrected chi connectivity index (χ1v) is 11.6. The maximum absolute atomic E-state index is 14.8. The summed E-state index contributed by atoms with van der Waals surface area (Å²) >= 11 is 1.04. The van der Waals surface area contributed by atoms with Crippen LogP contribution in [-0.2, 0) is 0 Å². The summed E-state index contributed by atoms with van der Waals surface area (Å²) in [6, 6.07) is 14.6. The predicted molar refractivity (Wildman–Crippen MR) is 133 cm³/mol. The smallest absolute Gasteiger partial charge is 0.267 e. The van der Waals surface area contributed by atoms with Crippen LogP contribution >= 0.6 is 11.8 Å². The zero-order valence-electron chi connectivity index (χ0n) is 19.6. The molecule has 7 nitrogen and oxygen atoms in total. The molecule has 3 aromatic carbocycles. The van der Waals surface area contributed by atoms with Crippen LogP contribution in [0.5, 0.6) is 17.2 Å². The Balaban J connectivity index is 1.92. The average Bonchev–Trinajstić information content (AvgIpc) is 2.87. The van der Waals surface area contributed by atoms with Crippen molar-refractivity contribution >= 4 is 28.4 Å². The molecule has 0 N–H and O–H groups in total. The van der Waals surface area contributed by atoms with Crippen LogP contribution in [-0.4, -0.2) is 42.4 Å². The van der Waals surface area contributed by atoms with Crippen LogP contribution in [0.25, 0.3) is 16.6 Å². The number of carbonyl (C=O) groups is 1. The number of hydrogen-bond acceptors (Lipinski definition) is 7. The van der Waals surface area contributed by atoms with Gasteiger partial charge in [-0.1, -0.05) is 53.7 Å². The Morgan fingerprint density at radius 2 is 1.69 bits per heavy atom. The number of hydrogen-bond donors (Lipinski definition) is 0. The largest absolute Gasteiger partial charge is 0.493 e. The number of carbonyl (C=O) groups excluding carboxylic acids is 1. The van der Waals surface area contributed by atoms with E-state index in [0.717, 1.165) is 21.9 Å². The highest BCUT2D eigenvalue weighted by Crippen LogP contribution is 2.42. The summed E-state index contributed by atoms with van der Waals surface area (Å²) in [4.78, 5) is 31.2. The number of halogens is 1. The zero-order valence-corrected chi connectivity index (χ0v) is 20.4. The number of fused-ring (bicyclic) bond motifs is 1. The van der Waals surface area contributed by atoms with Crippen molar-refractivity contribution < 1.29 is 23.4 Å². The van der Waals surface area contributed by atoms with Crippen LogP contribution in [0.1, 0.15) is 15.9 Å². The fourth-order valence-corrected chi connectivity index (χ4v) is 4.56. The van der Waals surface area contributed by atoms with Crippen molar-refractivity contribution in [1.29, 1.82) is 0 Å². The van der Waals surface area contributed by atoms with E-state index in [1.54, 1.807) is 18.2 Å². The maximum atomic E-state index is 14.8. The summed E-state index contributed by atoms with van der Waals surface area (Å²) in [5, 5.41) is 0.288. The number of aryl methyl sites for hydroxylation is 1. The number of aromatic nitrogens is 2. The first-order chi connectivity index (χ1) is 16.9. The highest BCUT2D eigenvalue weighted by atomic mass is 32.2. The van der Waals surface area contributed by atoms with Crippen LogP contribution in [0.3, 0.4) is 0 Å². The van der Waals surface area contributed by atoms with Gasteiger partial charge < -0.3 is 14.2 Å². The van der Waals surface area contributed by atoms with Gasteiger partial charge in [-0.15, -0.1) is 0 Å². The standard InChI is InChI=1S/C26H23FN2O5S/c1-15-9-11-16(12-10-15)20(30)14-35-26-28-22-17(13-21(32-2)23(33-3)24(22)34-4)25(31)29(26)19-8-6-5-7-18(19)27/h5-13H,14H2,1-4H3. The van der Waals surface area contributed by atoms with Crippen LogP contribution in [0.2, 0.25) is 0 Å². The van der Waals surface area contributed by atoms with Crippen molar-refractivity contribution in [2.24, 2.45) is 0 Å². The minimum Gasteiger partial charge on any atom is -0.493 e. The molecule has 0 radical (unpaired) electrons. The average molecular weight is 495 g/mol. The quantitative estimate of drug-likeness (QED) is 0.197. The predicted octanol–water partition coefficient (Wildman–Crippen LogP) is 4.83. The molecule has 4 aromatic rings. The number of ketones is 1. The van der Waals surface area contributed by atoms with Crippen molar-refractivity contribution in [3.05, 3.63) is 81.9 Å². The van der Waals surface area contributed by atoms with Gasteiger partial charge in [0.15, 0.2) is 22.4 Å². The molecule has 0 aliphatic heterocycles. The lowest BCUT2D eigenvalue weighted by Crippen LogP contribution is -2.23. The van der Waals surface area contributed by atoms with Gasteiger partial charge >= 0.3 is 0 Å². The molecule has 0 fully saturated rings. The van der Waals surface area contributed by atoms with Gasteiger partial charge in [0.25, 0.3) is 5.56 Å². The summed E-state index contributed by atoms with van der Waals surface area (Å²) in [6.45, 7) is 1.94. The van der Waals surface area contributed by atoms with Crippen LogP contribution < -0.4 is 19.8 Å². The van der Waals surface area contributed by atoms with Crippen LogP contribution in [0.4, 0.5) is 4.39 Å². The Bertz CT molecular complexity index is 1470. The SMILES string of the molecule is COc1cc2c(=O)n(-c3ccccc3F)c(SCC(=O)c3ccc(C)cc3)nc2c(OC)c1OC. The molecule has 0 unspecified atom stereocenters. The fourth-order valence-electron chi connectivity index (χ4n) is 3.66. The summed E-state index contributed by atoms with van der Waals surface area (Å²) < 4.78 is 32.3. The third kappa shape index (κ3) is 4.59. The Hall–Kier alpha value is -3.85. The zero-order chi connectivity index (χ0) is 25.1. The van der Waals surface area contributed by atoms with E-state index < -0.39 is 11.4 Å². The Morgan fingerprint density at radius 1 is 1.00 bits per heavy atom. The monoisotopic (exact) mass is 494 g/mol. The summed E-state index contributed by atoms with van der Waals surface area (Å²) in [6.07, 6.45) is 0. The molecule has 0 bridgehead atoms. The van der Waals surface area contributed by atoms with E-state index in [1.165, 1.54) is 45.6 Å². The number of Topliss-reactive ketones (excluding diaryl/α,β-unsaturated/α-hetero) is 1. The third-order valence-electron chi connectivity index (χ3n) is 5.44. The number of thioether (sulfide) groups is 1. The minimum absolute atomic E-state index is 0.00886. The number of ether oxygens (including phenoxy) is 3. The molecule has 0 amide bonds. The molecule has 4 rings (SSSR count). The highest BCUT2D eigenvalue weighted by molar-refractivity contribution is 7.99. The molecule has 35 heavy (non-hydrogen) atoms. The molecule has 9 heteroatoms.